The summed E-state index contributed by atoms with van der Waals surface area (Å²) in [4.78, 5) is 49.5. The Morgan fingerprint density at radius 2 is 2.04 bits per heavy atom. The number of nitrogens with zero attached hydrogens (tertiary/aromatic N) is 1. The van der Waals surface area contributed by atoms with E-state index in [1.54, 1.807) is 32.9 Å². The molecule has 9 heteroatoms. The molecule has 4 N–H and O–H groups in total. The van der Waals surface area contributed by atoms with E-state index in [9.17, 15) is 19.2 Å². The fourth-order valence-corrected chi connectivity index (χ4v) is 3.32. The van der Waals surface area contributed by atoms with Crippen LogP contribution >= 0.6 is 0 Å². The normalized spacial score (nSPS) is 19.3. The summed E-state index contributed by atoms with van der Waals surface area (Å²) in [5, 5.41) is 4.91. The first-order valence-corrected chi connectivity index (χ1v) is 9.08. The molecule has 4 amide bonds. The third-order valence-corrected chi connectivity index (χ3v) is 4.61. The first kappa shape index (κ1) is 19.7. The average molecular weight is 388 g/mol. The number of carbonyl (C=O) groups is 4. The van der Waals surface area contributed by atoms with Gasteiger partial charge in [-0.3, -0.25) is 19.7 Å². The van der Waals surface area contributed by atoms with Gasteiger partial charge in [0, 0.05) is 30.8 Å². The van der Waals surface area contributed by atoms with E-state index in [2.05, 4.69) is 10.6 Å². The molecule has 0 spiro atoms. The Balaban J connectivity index is 1.72. The van der Waals surface area contributed by atoms with Crippen molar-refractivity contribution in [3.8, 4) is 0 Å². The van der Waals surface area contributed by atoms with Crippen LogP contribution in [0.4, 0.5) is 10.5 Å². The van der Waals surface area contributed by atoms with Gasteiger partial charge in [0.05, 0.1) is 0 Å². The number of anilines is 1. The van der Waals surface area contributed by atoms with Crippen LogP contribution in [0.1, 0.15) is 55.1 Å². The standard InChI is InChI=1S/C19H24N4O5/c1-19(2,3)28-18(27)21-8-10-6-11-9-23(17(26)12(11)7-13(10)20)14-4-5-15(24)22-16(14)25/h6-7,14H,4-5,8-9,20H2,1-3H3,(H,21,27)(H,22,24,25). The molecule has 9 nitrogen and oxygen atoms in total. The Bertz CT molecular complexity index is 859. The van der Waals surface area contributed by atoms with E-state index in [1.807, 2.05) is 0 Å². The van der Waals surface area contributed by atoms with E-state index in [-0.39, 0.29) is 31.3 Å². The van der Waals surface area contributed by atoms with Crippen LogP contribution in [-0.4, -0.2) is 40.4 Å². The van der Waals surface area contributed by atoms with Crippen molar-refractivity contribution in [1.29, 1.82) is 0 Å². The molecule has 1 saturated heterocycles. The van der Waals surface area contributed by atoms with Gasteiger partial charge >= 0.3 is 6.09 Å². The fraction of sp³-hybridized carbons (Fsp3) is 0.474. The summed E-state index contributed by atoms with van der Waals surface area (Å²) in [5.41, 5.74) is 7.63. The minimum atomic E-state index is -0.679. The Hall–Kier alpha value is -3.10. The molecule has 0 radical (unpaired) electrons. The van der Waals surface area contributed by atoms with Gasteiger partial charge in [0.2, 0.25) is 11.8 Å². The lowest BCUT2D eigenvalue weighted by molar-refractivity contribution is -0.136. The second-order valence-corrected chi connectivity index (χ2v) is 7.96. The van der Waals surface area contributed by atoms with Gasteiger partial charge in [-0.2, -0.15) is 0 Å². The van der Waals surface area contributed by atoms with Gasteiger partial charge in [0.25, 0.3) is 5.91 Å². The van der Waals surface area contributed by atoms with Gasteiger partial charge in [-0.25, -0.2) is 4.79 Å². The molecule has 1 unspecified atom stereocenters. The number of hydrogen-bond donors (Lipinski definition) is 3. The number of nitrogens with one attached hydrogen (secondary N) is 2. The van der Waals surface area contributed by atoms with Crippen molar-refractivity contribution in [2.24, 2.45) is 0 Å². The molecule has 2 aliphatic heterocycles. The van der Waals surface area contributed by atoms with Gasteiger partial charge in [-0.1, -0.05) is 0 Å². The van der Waals surface area contributed by atoms with Crippen LogP contribution in [0, 0.1) is 0 Å². The number of benzene rings is 1. The molecular formula is C19H24N4O5. The van der Waals surface area contributed by atoms with Crippen LogP contribution in [0.5, 0.6) is 0 Å². The number of ether oxygens (including phenoxy) is 1. The summed E-state index contributed by atoms with van der Waals surface area (Å²) in [5.74, 6) is -1.08. The zero-order valence-electron chi connectivity index (χ0n) is 16.1. The number of piperidine rings is 1. The van der Waals surface area contributed by atoms with Gasteiger partial charge in [-0.05, 0) is 50.5 Å². The topological polar surface area (TPSA) is 131 Å². The molecule has 0 bridgehead atoms. The Kier molecular flexibility index (Phi) is 5.01. The smallest absolute Gasteiger partial charge is 0.407 e. The maximum atomic E-state index is 12.7. The predicted octanol–water partition coefficient (Wildman–Crippen LogP) is 1.05. The Morgan fingerprint density at radius 1 is 1.32 bits per heavy atom. The number of nitrogens with two attached hydrogens (primary N) is 1. The molecule has 1 fully saturated rings. The zero-order valence-corrected chi connectivity index (χ0v) is 16.1. The Morgan fingerprint density at radius 3 is 2.68 bits per heavy atom. The molecule has 28 heavy (non-hydrogen) atoms. The number of rotatable bonds is 3. The van der Waals surface area contributed by atoms with E-state index in [0.717, 1.165) is 5.56 Å². The van der Waals surface area contributed by atoms with Crippen molar-refractivity contribution in [3.05, 3.63) is 28.8 Å². The molecule has 0 aromatic heterocycles. The lowest BCUT2D eigenvalue weighted by atomic mass is 10.0. The Labute approximate surface area is 162 Å². The summed E-state index contributed by atoms with van der Waals surface area (Å²) in [7, 11) is 0. The fourth-order valence-electron chi connectivity index (χ4n) is 3.32. The van der Waals surface area contributed by atoms with Crippen LogP contribution in [0.25, 0.3) is 0 Å². The number of hydrogen-bond acceptors (Lipinski definition) is 6. The largest absolute Gasteiger partial charge is 0.444 e. The molecule has 1 aromatic carbocycles. The minimum Gasteiger partial charge on any atom is -0.444 e. The molecule has 1 aromatic rings. The van der Waals surface area contributed by atoms with Gasteiger partial charge in [0.15, 0.2) is 0 Å². The zero-order chi connectivity index (χ0) is 20.6. The SMILES string of the molecule is CC(C)(C)OC(=O)NCc1cc2c(cc1N)C(=O)N(C1CCC(=O)NC1=O)C2. The molecular weight excluding hydrogens is 364 g/mol. The molecule has 2 aliphatic rings. The van der Waals surface area contributed by atoms with Crippen molar-refractivity contribution >= 4 is 29.5 Å². The van der Waals surface area contributed by atoms with Crippen molar-refractivity contribution in [3.63, 3.8) is 0 Å². The van der Waals surface area contributed by atoms with Gasteiger partial charge in [-0.15, -0.1) is 0 Å². The first-order valence-electron chi connectivity index (χ1n) is 9.08. The summed E-state index contributed by atoms with van der Waals surface area (Å²) in [6.45, 7) is 5.71. The highest BCUT2D eigenvalue weighted by molar-refractivity contribution is 6.05. The quantitative estimate of drug-likeness (QED) is 0.524. The van der Waals surface area contributed by atoms with Crippen LogP contribution in [-0.2, 0) is 27.4 Å². The maximum absolute atomic E-state index is 12.7. The number of imide groups is 1. The number of amides is 4. The number of alkyl carbamates (subject to hydrolysis) is 1. The summed E-state index contributed by atoms with van der Waals surface area (Å²) >= 11 is 0. The maximum Gasteiger partial charge on any atom is 0.407 e. The third kappa shape index (κ3) is 4.08. The lowest BCUT2D eigenvalue weighted by Crippen LogP contribution is -2.52. The summed E-state index contributed by atoms with van der Waals surface area (Å²) in [6, 6.07) is 2.64. The number of nitrogen functional groups attached to an aromatic ring is 1. The highest BCUT2D eigenvalue weighted by Crippen LogP contribution is 2.30. The molecule has 1 atom stereocenters. The van der Waals surface area contributed by atoms with Crippen LogP contribution in [0.3, 0.4) is 0 Å². The van der Waals surface area contributed by atoms with Crippen molar-refractivity contribution < 1.29 is 23.9 Å². The molecule has 150 valence electrons. The lowest BCUT2D eigenvalue weighted by Gasteiger charge is -2.29. The minimum absolute atomic E-state index is 0.153. The number of fused-ring (bicyclic) bond motifs is 1. The summed E-state index contributed by atoms with van der Waals surface area (Å²) < 4.78 is 5.20. The van der Waals surface area contributed by atoms with Gasteiger partial charge < -0.3 is 20.7 Å². The van der Waals surface area contributed by atoms with Crippen molar-refractivity contribution in [1.82, 2.24) is 15.5 Å². The average Bonchev–Trinajstić information content (AvgIpc) is 2.87. The van der Waals surface area contributed by atoms with E-state index < -0.39 is 23.6 Å². The predicted molar refractivity (Wildman–Crippen MR) is 100.0 cm³/mol. The second-order valence-electron chi connectivity index (χ2n) is 7.96. The van der Waals surface area contributed by atoms with E-state index in [1.165, 1.54) is 4.90 Å². The highest BCUT2D eigenvalue weighted by atomic mass is 16.6. The van der Waals surface area contributed by atoms with Crippen molar-refractivity contribution in [2.45, 2.75) is 58.3 Å². The highest BCUT2D eigenvalue weighted by Gasteiger charge is 2.39. The van der Waals surface area contributed by atoms with E-state index >= 15 is 0 Å². The van der Waals surface area contributed by atoms with E-state index in [0.29, 0.717) is 23.2 Å². The third-order valence-electron chi connectivity index (χ3n) is 4.61. The summed E-state index contributed by atoms with van der Waals surface area (Å²) in [6.07, 6.45) is -0.0647. The van der Waals surface area contributed by atoms with E-state index in [4.69, 9.17) is 10.5 Å². The van der Waals surface area contributed by atoms with Crippen LogP contribution in [0.2, 0.25) is 0 Å². The van der Waals surface area contributed by atoms with Crippen molar-refractivity contribution in [2.75, 3.05) is 5.73 Å². The molecule has 0 aliphatic carbocycles. The van der Waals surface area contributed by atoms with Crippen LogP contribution in [0.15, 0.2) is 12.1 Å². The van der Waals surface area contributed by atoms with Crippen LogP contribution < -0.4 is 16.4 Å². The monoisotopic (exact) mass is 388 g/mol. The molecule has 0 saturated carbocycles. The number of carbonyl (C=O) groups excluding carboxylic acids is 4. The molecule has 2 heterocycles. The second kappa shape index (κ2) is 7.14. The first-order chi connectivity index (χ1) is 13.0. The molecule has 3 rings (SSSR count). The van der Waals surface area contributed by atoms with Gasteiger partial charge in [0.1, 0.15) is 11.6 Å².